The van der Waals surface area contributed by atoms with E-state index in [9.17, 15) is 9.59 Å². The molecule has 0 fully saturated rings. The van der Waals surface area contributed by atoms with Crippen LogP contribution in [-0.4, -0.2) is 27.1 Å². The second kappa shape index (κ2) is 4.70. The standard InChI is InChI=1S/C12H10ClNO4/c13-6-1-2-7-9(5-14-10(7)3-6)8(12(17)18)4-11(15)16/h1-3,5,8,14H,4H2,(H,15,16)(H,17,18). The van der Waals surface area contributed by atoms with Crippen molar-refractivity contribution >= 4 is 34.4 Å². The Morgan fingerprint density at radius 1 is 1.33 bits per heavy atom. The van der Waals surface area contributed by atoms with Crippen molar-refractivity contribution in [2.24, 2.45) is 0 Å². The van der Waals surface area contributed by atoms with Crippen molar-refractivity contribution in [2.75, 3.05) is 0 Å². The molecule has 1 heterocycles. The highest BCUT2D eigenvalue weighted by Gasteiger charge is 2.25. The monoisotopic (exact) mass is 267 g/mol. The molecule has 0 saturated carbocycles. The molecule has 94 valence electrons. The summed E-state index contributed by atoms with van der Waals surface area (Å²) in [6.07, 6.45) is 1.06. The van der Waals surface area contributed by atoms with Crippen molar-refractivity contribution < 1.29 is 19.8 Å². The van der Waals surface area contributed by atoms with Crippen LogP contribution in [-0.2, 0) is 9.59 Å². The maximum atomic E-state index is 11.1. The highest BCUT2D eigenvalue weighted by Crippen LogP contribution is 2.29. The Bertz CT molecular complexity index is 620. The summed E-state index contributed by atoms with van der Waals surface area (Å²) in [4.78, 5) is 24.7. The van der Waals surface area contributed by atoms with Gasteiger partial charge in [-0.3, -0.25) is 9.59 Å². The van der Waals surface area contributed by atoms with Gasteiger partial charge in [-0.1, -0.05) is 17.7 Å². The number of hydrogen-bond acceptors (Lipinski definition) is 2. The summed E-state index contributed by atoms with van der Waals surface area (Å²) < 4.78 is 0. The van der Waals surface area contributed by atoms with Crippen LogP contribution in [0.4, 0.5) is 0 Å². The average molecular weight is 268 g/mol. The Kier molecular flexibility index (Phi) is 3.25. The van der Waals surface area contributed by atoms with Crippen LogP contribution < -0.4 is 0 Å². The average Bonchev–Trinajstić information content (AvgIpc) is 2.67. The maximum absolute atomic E-state index is 11.1. The number of carboxylic acid groups (broad SMARTS) is 2. The number of rotatable bonds is 4. The van der Waals surface area contributed by atoms with Gasteiger partial charge in [0.05, 0.1) is 12.3 Å². The number of aliphatic carboxylic acids is 2. The topological polar surface area (TPSA) is 90.4 Å². The van der Waals surface area contributed by atoms with E-state index in [4.69, 9.17) is 21.8 Å². The minimum Gasteiger partial charge on any atom is -0.481 e. The van der Waals surface area contributed by atoms with Crippen molar-refractivity contribution in [2.45, 2.75) is 12.3 Å². The van der Waals surface area contributed by atoms with Crippen LogP contribution in [0, 0.1) is 0 Å². The lowest BCUT2D eigenvalue weighted by atomic mass is 9.95. The molecule has 2 aromatic rings. The number of halogens is 1. The van der Waals surface area contributed by atoms with E-state index in [2.05, 4.69) is 4.98 Å². The van der Waals surface area contributed by atoms with Crippen molar-refractivity contribution in [3.63, 3.8) is 0 Å². The summed E-state index contributed by atoms with van der Waals surface area (Å²) in [5, 5.41) is 19.1. The molecule has 0 amide bonds. The molecule has 0 bridgehead atoms. The Balaban J connectivity index is 2.51. The fourth-order valence-corrected chi connectivity index (χ4v) is 2.09. The van der Waals surface area contributed by atoms with Gasteiger partial charge in [-0.25, -0.2) is 0 Å². The lowest BCUT2D eigenvalue weighted by Crippen LogP contribution is -2.15. The van der Waals surface area contributed by atoms with E-state index in [0.29, 0.717) is 21.5 Å². The number of aromatic nitrogens is 1. The van der Waals surface area contributed by atoms with Crippen LogP contribution in [0.2, 0.25) is 5.02 Å². The molecule has 18 heavy (non-hydrogen) atoms. The molecule has 1 aromatic heterocycles. The summed E-state index contributed by atoms with van der Waals surface area (Å²) in [5.74, 6) is -3.38. The van der Waals surface area contributed by atoms with Gasteiger partial charge in [-0.05, 0) is 17.7 Å². The molecule has 1 unspecified atom stereocenters. The summed E-state index contributed by atoms with van der Waals surface area (Å²) >= 11 is 5.82. The molecule has 6 heteroatoms. The SMILES string of the molecule is O=C(O)CC(C(=O)O)c1c[nH]c2cc(Cl)ccc12. The molecule has 1 atom stereocenters. The summed E-state index contributed by atoms with van der Waals surface area (Å²) in [7, 11) is 0. The Morgan fingerprint density at radius 2 is 2.06 bits per heavy atom. The third kappa shape index (κ3) is 2.31. The Morgan fingerprint density at radius 3 is 2.67 bits per heavy atom. The number of benzene rings is 1. The number of fused-ring (bicyclic) bond motifs is 1. The fraction of sp³-hybridized carbons (Fsp3) is 0.167. The van der Waals surface area contributed by atoms with Gasteiger partial charge in [-0.15, -0.1) is 0 Å². The van der Waals surface area contributed by atoms with Crippen LogP contribution in [0.1, 0.15) is 17.9 Å². The predicted octanol–water partition coefficient (Wildman–Crippen LogP) is 2.46. The summed E-state index contributed by atoms with van der Waals surface area (Å²) in [5.41, 5.74) is 1.14. The van der Waals surface area contributed by atoms with Crippen molar-refractivity contribution in [3.8, 4) is 0 Å². The highest BCUT2D eigenvalue weighted by molar-refractivity contribution is 6.31. The molecule has 3 N–H and O–H groups in total. The van der Waals surface area contributed by atoms with Crippen molar-refractivity contribution in [1.29, 1.82) is 0 Å². The lowest BCUT2D eigenvalue weighted by Gasteiger charge is -2.08. The first kappa shape index (κ1) is 12.4. The van der Waals surface area contributed by atoms with Gasteiger partial charge in [0, 0.05) is 22.1 Å². The minimum absolute atomic E-state index is 0.453. The smallest absolute Gasteiger partial charge is 0.311 e. The zero-order valence-corrected chi connectivity index (χ0v) is 9.94. The maximum Gasteiger partial charge on any atom is 0.311 e. The number of carboxylic acids is 2. The van der Waals surface area contributed by atoms with Crippen LogP contribution in [0.5, 0.6) is 0 Å². The normalized spacial score (nSPS) is 12.5. The van der Waals surface area contributed by atoms with Gasteiger partial charge < -0.3 is 15.2 Å². The van der Waals surface area contributed by atoms with Gasteiger partial charge >= 0.3 is 11.9 Å². The van der Waals surface area contributed by atoms with E-state index < -0.39 is 24.3 Å². The largest absolute Gasteiger partial charge is 0.481 e. The second-order valence-electron chi connectivity index (χ2n) is 3.92. The van der Waals surface area contributed by atoms with E-state index in [1.807, 2.05) is 0 Å². The van der Waals surface area contributed by atoms with Crippen LogP contribution in [0.3, 0.4) is 0 Å². The van der Waals surface area contributed by atoms with Gasteiger partial charge in [0.2, 0.25) is 0 Å². The summed E-state index contributed by atoms with van der Waals surface area (Å²) in [6.45, 7) is 0. The zero-order chi connectivity index (χ0) is 13.3. The first-order chi connectivity index (χ1) is 8.49. The minimum atomic E-state index is -1.16. The molecule has 5 nitrogen and oxygen atoms in total. The third-order valence-electron chi connectivity index (χ3n) is 2.73. The van der Waals surface area contributed by atoms with Gasteiger partial charge in [0.1, 0.15) is 0 Å². The molecule has 2 rings (SSSR count). The fourth-order valence-electron chi connectivity index (χ4n) is 1.91. The second-order valence-corrected chi connectivity index (χ2v) is 4.36. The van der Waals surface area contributed by atoms with Crippen molar-refractivity contribution in [1.82, 2.24) is 4.98 Å². The van der Waals surface area contributed by atoms with E-state index >= 15 is 0 Å². The first-order valence-electron chi connectivity index (χ1n) is 5.20. The first-order valence-corrected chi connectivity index (χ1v) is 5.58. The molecule has 0 spiro atoms. The van der Waals surface area contributed by atoms with Crippen LogP contribution >= 0.6 is 11.6 Å². The summed E-state index contributed by atoms with van der Waals surface area (Å²) in [6, 6.07) is 4.99. The van der Waals surface area contributed by atoms with Crippen LogP contribution in [0.25, 0.3) is 10.9 Å². The van der Waals surface area contributed by atoms with Gasteiger partial charge in [0.15, 0.2) is 0 Å². The molecule has 0 aliphatic rings. The molecule has 1 aromatic carbocycles. The molecule has 0 aliphatic carbocycles. The predicted molar refractivity (Wildman–Crippen MR) is 65.9 cm³/mol. The molecule has 0 saturated heterocycles. The number of aromatic amines is 1. The highest BCUT2D eigenvalue weighted by atomic mass is 35.5. The number of nitrogens with one attached hydrogen (secondary N) is 1. The van der Waals surface area contributed by atoms with E-state index in [0.717, 1.165) is 0 Å². The van der Waals surface area contributed by atoms with Crippen LogP contribution in [0.15, 0.2) is 24.4 Å². The lowest BCUT2D eigenvalue weighted by molar-refractivity contribution is -0.145. The van der Waals surface area contributed by atoms with E-state index in [-0.39, 0.29) is 0 Å². The quantitative estimate of drug-likeness (QED) is 0.794. The Labute approximate surface area is 107 Å². The van der Waals surface area contributed by atoms with Gasteiger partial charge in [-0.2, -0.15) is 0 Å². The van der Waals surface area contributed by atoms with E-state index in [1.165, 1.54) is 6.20 Å². The zero-order valence-electron chi connectivity index (χ0n) is 9.18. The molecular weight excluding hydrogens is 258 g/mol. The Hall–Kier alpha value is -2.01. The third-order valence-corrected chi connectivity index (χ3v) is 2.96. The molecule has 0 aliphatic heterocycles. The van der Waals surface area contributed by atoms with E-state index in [1.54, 1.807) is 18.2 Å². The molecular formula is C12H10ClNO4. The van der Waals surface area contributed by atoms with Gasteiger partial charge in [0.25, 0.3) is 0 Å². The number of carbonyl (C=O) groups is 2. The van der Waals surface area contributed by atoms with Crippen molar-refractivity contribution in [3.05, 3.63) is 35.0 Å². The number of H-pyrrole nitrogens is 1. The molecule has 0 radical (unpaired) electrons. The number of hydrogen-bond donors (Lipinski definition) is 3.